The lowest BCUT2D eigenvalue weighted by Gasteiger charge is -2.33. The maximum absolute atomic E-state index is 13.1. The molecular weight excluding hydrogens is 464 g/mol. The minimum atomic E-state index is -3.82. The molecule has 1 aliphatic heterocycles. The van der Waals surface area contributed by atoms with E-state index in [0.29, 0.717) is 29.7 Å². The summed E-state index contributed by atoms with van der Waals surface area (Å²) in [5.74, 6) is 0.827. The Bertz CT molecular complexity index is 1130. The third-order valence-electron chi connectivity index (χ3n) is 4.78. The quantitative estimate of drug-likeness (QED) is 0.567. The van der Waals surface area contributed by atoms with Gasteiger partial charge in [0.15, 0.2) is 11.5 Å². The van der Waals surface area contributed by atoms with Crippen molar-refractivity contribution in [3.05, 3.63) is 47.5 Å². The predicted octanol–water partition coefficient (Wildman–Crippen LogP) is 2.83. The van der Waals surface area contributed by atoms with Gasteiger partial charge in [-0.1, -0.05) is 17.7 Å². The van der Waals surface area contributed by atoms with E-state index in [1.54, 1.807) is 25.1 Å². The average molecular weight is 489 g/mol. The molecule has 1 heterocycles. The highest BCUT2D eigenvalue weighted by molar-refractivity contribution is 7.89. The highest BCUT2D eigenvalue weighted by Gasteiger charge is 2.34. The second-order valence-corrected chi connectivity index (χ2v) is 11.1. The van der Waals surface area contributed by atoms with Crippen LogP contribution < -0.4 is 9.47 Å². The smallest absolute Gasteiger partial charge is 0.243 e. The number of rotatable bonds is 8. The van der Waals surface area contributed by atoms with Crippen LogP contribution >= 0.6 is 11.6 Å². The van der Waals surface area contributed by atoms with Gasteiger partial charge in [-0.3, -0.25) is 0 Å². The molecule has 0 spiro atoms. The molecule has 8 nitrogen and oxygen atoms in total. The van der Waals surface area contributed by atoms with Gasteiger partial charge < -0.3 is 9.47 Å². The van der Waals surface area contributed by atoms with Crippen LogP contribution in [-0.2, 0) is 20.0 Å². The van der Waals surface area contributed by atoms with Crippen LogP contribution in [0.15, 0.2) is 52.3 Å². The molecule has 0 unspecified atom stereocenters. The first-order valence-electron chi connectivity index (χ1n) is 9.85. The van der Waals surface area contributed by atoms with E-state index >= 15 is 0 Å². The number of nitrogens with zero attached hydrogens (tertiary/aromatic N) is 2. The molecule has 170 valence electrons. The van der Waals surface area contributed by atoms with Crippen molar-refractivity contribution >= 4 is 31.6 Å². The fourth-order valence-corrected chi connectivity index (χ4v) is 6.43. The van der Waals surface area contributed by atoms with Gasteiger partial charge in [0, 0.05) is 37.3 Å². The van der Waals surface area contributed by atoms with Crippen molar-refractivity contribution in [2.45, 2.75) is 23.6 Å². The Labute approximate surface area is 188 Å². The molecule has 0 bridgehead atoms. The Hall–Kier alpha value is -1.85. The zero-order chi connectivity index (χ0) is 22.6. The van der Waals surface area contributed by atoms with Crippen LogP contribution in [0.5, 0.6) is 11.5 Å². The van der Waals surface area contributed by atoms with Crippen LogP contribution in [0.1, 0.15) is 13.8 Å². The largest absolute Gasteiger partial charge is 0.490 e. The van der Waals surface area contributed by atoms with Gasteiger partial charge in [0.1, 0.15) is 0 Å². The molecule has 3 rings (SSSR count). The summed E-state index contributed by atoms with van der Waals surface area (Å²) in [5.41, 5.74) is 0. The third kappa shape index (κ3) is 5.15. The van der Waals surface area contributed by atoms with Crippen LogP contribution in [0.4, 0.5) is 0 Å². The number of sulfonamides is 2. The van der Waals surface area contributed by atoms with Crippen LogP contribution in [0.25, 0.3) is 0 Å². The van der Waals surface area contributed by atoms with E-state index in [4.69, 9.17) is 21.1 Å². The number of halogens is 1. The zero-order valence-electron chi connectivity index (χ0n) is 17.3. The summed E-state index contributed by atoms with van der Waals surface area (Å²) in [4.78, 5) is 0.162. The van der Waals surface area contributed by atoms with Crippen LogP contribution in [-0.4, -0.2) is 64.8 Å². The summed E-state index contributed by atoms with van der Waals surface area (Å²) < 4.78 is 65.5. The molecule has 0 atom stereocenters. The average Bonchev–Trinajstić information content (AvgIpc) is 2.75. The molecule has 0 saturated carbocycles. The molecule has 0 aromatic heterocycles. The molecule has 1 aliphatic rings. The molecule has 0 N–H and O–H groups in total. The molecule has 2 aromatic carbocycles. The highest BCUT2D eigenvalue weighted by atomic mass is 35.5. The molecule has 0 amide bonds. The van der Waals surface area contributed by atoms with Crippen molar-refractivity contribution in [3.8, 4) is 11.5 Å². The standard InChI is InChI=1S/C20H25ClN2O6S2/c1-3-28-19-9-8-18(15-20(19)29-4-2)31(26,27)23-12-10-22(11-13-23)30(24,25)17-7-5-6-16(21)14-17/h5-9,14-15H,3-4,10-13H2,1-2H3. The van der Waals surface area contributed by atoms with Crippen LogP contribution in [0.2, 0.25) is 5.02 Å². The molecule has 11 heteroatoms. The Kier molecular flexibility index (Phi) is 7.48. The molecule has 1 fully saturated rings. The van der Waals surface area contributed by atoms with Crippen molar-refractivity contribution in [1.82, 2.24) is 8.61 Å². The van der Waals surface area contributed by atoms with E-state index in [1.807, 2.05) is 6.92 Å². The minimum absolute atomic E-state index is 0.0410. The van der Waals surface area contributed by atoms with E-state index in [1.165, 1.54) is 32.9 Å². The van der Waals surface area contributed by atoms with Gasteiger partial charge in [0.2, 0.25) is 20.0 Å². The van der Waals surface area contributed by atoms with Gasteiger partial charge in [0.05, 0.1) is 23.0 Å². The fourth-order valence-electron chi connectivity index (χ4n) is 3.27. The lowest BCUT2D eigenvalue weighted by molar-refractivity contribution is 0.272. The van der Waals surface area contributed by atoms with Crippen molar-refractivity contribution in [1.29, 1.82) is 0 Å². The minimum Gasteiger partial charge on any atom is -0.490 e. The Morgan fingerprint density at radius 1 is 0.774 bits per heavy atom. The molecule has 31 heavy (non-hydrogen) atoms. The first-order chi connectivity index (χ1) is 14.7. The van der Waals surface area contributed by atoms with E-state index in [2.05, 4.69) is 0 Å². The van der Waals surface area contributed by atoms with Crippen molar-refractivity contribution in [3.63, 3.8) is 0 Å². The normalized spacial score (nSPS) is 16.2. The number of hydrogen-bond donors (Lipinski definition) is 0. The third-order valence-corrected chi connectivity index (χ3v) is 8.81. The zero-order valence-corrected chi connectivity index (χ0v) is 19.7. The summed E-state index contributed by atoms with van der Waals surface area (Å²) in [5, 5.41) is 0.322. The van der Waals surface area contributed by atoms with Crippen molar-refractivity contribution in [2.24, 2.45) is 0 Å². The number of benzene rings is 2. The van der Waals surface area contributed by atoms with Gasteiger partial charge in [-0.2, -0.15) is 8.61 Å². The van der Waals surface area contributed by atoms with E-state index in [0.717, 1.165) is 0 Å². The summed E-state index contributed by atoms with van der Waals surface area (Å²) in [7, 11) is -7.57. The van der Waals surface area contributed by atoms with Crippen molar-refractivity contribution < 1.29 is 26.3 Å². The van der Waals surface area contributed by atoms with E-state index < -0.39 is 20.0 Å². The summed E-state index contributed by atoms with van der Waals surface area (Å²) in [6, 6.07) is 10.5. The monoisotopic (exact) mass is 488 g/mol. The SMILES string of the molecule is CCOc1ccc(S(=O)(=O)N2CCN(S(=O)(=O)c3cccc(Cl)c3)CC2)cc1OCC. The predicted molar refractivity (Wildman–Crippen MR) is 118 cm³/mol. The van der Waals surface area contributed by atoms with Gasteiger partial charge in [-0.25, -0.2) is 16.8 Å². The highest BCUT2D eigenvalue weighted by Crippen LogP contribution is 2.32. The maximum atomic E-state index is 13.1. The summed E-state index contributed by atoms with van der Waals surface area (Å²) in [6.07, 6.45) is 0. The Morgan fingerprint density at radius 2 is 1.29 bits per heavy atom. The molecule has 0 radical (unpaired) electrons. The van der Waals surface area contributed by atoms with Crippen molar-refractivity contribution in [2.75, 3.05) is 39.4 Å². The molecule has 0 aliphatic carbocycles. The summed E-state index contributed by atoms with van der Waals surface area (Å²) >= 11 is 5.92. The second-order valence-electron chi connectivity index (χ2n) is 6.74. The Morgan fingerprint density at radius 3 is 1.81 bits per heavy atom. The van der Waals surface area contributed by atoms with E-state index in [-0.39, 0.29) is 36.0 Å². The van der Waals surface area contributed by atoms with Gasteiger partial charge >= 0.3 is 0 Å². The lowest BCUT2D eigenvalue weighted by Crippen LogP contribution is -2.50. The number of hydrogen-bond acceptors (Lipinski definition) is 6. The Balaban J connectivity index is 1.77. The van der Waals surface area contributed by atoms with Gasteiger partial charge in [-0.05, 0) is 44.2 Å². The number of piperazine rings is 1. The molecule has 2 aromatic rings. The maximum Gasteiger partial charge on any atom is 0.243 e. The lowest BCUT2D eigenvalue weighted by atomic mass is 10.3. The van der Waals surface area contributed by atoms with Gasteiger partial charge in [-0.15, -0.1) is 0 Å². The fraction of sp³-hybridized carbons (Fsp3) is 0.400. The van der Waals surface area contributed by atoms with Crippen LogP contribution in [0, 0.1) is 0 Å². The number of ether oxygens (including phenoxy) is 2. The topological polar surface area (TPSA) is 93.2 Å². The molecule has 1 saturated heterocycles. The second kappa shape index (κ2) is 9.74. The molecular formula is C20H25ClN2O6S2. The van der Waals surface area contributed by atoms with E-state index in [9.17, 15) is 16.8 Å². The first kappa shape index (κ1) is 23.8. The van der Waals surface area contributed by atoms with Crippen LogP contribution in [0.3, 0.4) is 0 Å². The summed E-state index contributed by atoms with van der Waals surface area (Å²) in [6.45, 7) is 4.60. The first-order valence-corrected chi connectivity index (χ1v) is 13.1. The van der Waals surface area contributed by atoms with Gasteiger partial charge in [0.25, 0.3) is 0 Å².